The van der Waals surface area contributed by atoms with Crippen molar-refractivity contribution in [2.24, 2.45) is 5.41 Å². The number of nitrogens with one attached hydrogen (secondary N) is 2. The second-order valence-electron chi connectivity index (χ2n) is 6.31. The van der Waals surface area contributed by atoms with Crippen LogP contribution in [0.3, 0.4) is 0 Å². The van der Waals surface area contributed by atoms with Gasteiger partial charge in [0.25, 0.3) is 0 Å². The van der Waals surface area contributed by atoms with Gasteiger partial charge in [-0.05, 0) is 52.0 Å². The summed E-state index contributed by atoms with van der Waals surface area (Å²) >= 11 is 0. The summed E-state index contributed by atoms with van der Waals surface area (Å²) in [6.45, 7) is 11.1. The van der Waals surface area contributed by atoms with Gasteiger partial charge in [0.2, 0.25) is 5.91 Å². The van der Waals surface area contributed by atoms with Crippen LogP contribution in [0.4, 0.5) is 0 Å². The Bertz CT molecular complexity index is 265. The van der Waals surface area contributed by atoms with Crippen LogP contribution in [0.5, 0.6) is 0 Å². The van der Waals surface area contributed by atoms with E-state index < -0.39 is 0 Å². The Kier molecular flexibility index (Phi) is 5.60. The Morgan fingerprint density at radius 3 is 2.67 bits per heavy atom. The molecular weight excluding hydrogens is 228 g/mol. The molecule has 0 aliphatic carbocycles. The predicted molar refractivity (Wildman–Crippen MR) is 73.5 cm³/mol. The molecular formula is C14H28N2O2. The minimum Gasteiger partial charge on any atom is -0.366 e. The third kappa shape index (κ3) is 5.36. The number of piperidine rings is 1. The molecule has 106 valence electrons. The van der Waals surface area contributed by atoms with Gasteiger partial charge in [-0.3, -0.25) is 4.79 Å². The minimum absolute atomic E-state index is 0.0108. The van der Waals surface area contributed by atoms with E-state index in [4.69, 9.17) is 4.74 Å². The molecule has 4 heteroatoms. The van der Waals surface area contributed by atoms with Crippen molar-refractivity contribution in [2.75, 3.05) is 26.2 Å². The Morgan fingerprint density at radius 2 is 2.17 bits per heavy atom. The average Bonchev–Trinajstić information content (AvgIpc) is 2.34. The highest BCUT2D eigenvalue weighted by molar-refractivity contribution is 5.77. The molecule has 2 N–H and O–H groups in total. The molecule has 1 aliphatic rings. The zero-order valence-electron chi connectivity index (χ0n) is 12.3. The predicted octanol–water partition coefficient (Wildman–Crippen LogP) is 1.70. The molecule has 1 saturated heterocycles. The maximum absolute atomic E-state index is 11.7. The van der Waals surface area contributed by atoms with E-state index in [1.54, 1.807) is 0 Å². The number of carbonyl (C=O) groups is 1. The minimum atomic E-state index is -0.258. The molecule has 0 bridgehead atoms. The summed E-state index contributed by atoms with van der Waals surface area (Å²) in [6, 6.07) is 0. The number of amides is 1. The summed E-state index contributed by atoms with van der Waals surface area (Å²) in [7, 11) is 0. The number of rotatable bonds is 5. The summed E-state index contributed by atoms with van der Waals surface area (Å²) in [4.78, 5) is 11.7. The summed E-state index contributed by atoms with van der Waals surface area (Å²) < 4.78 is 5.47. The van der Waals surface area contributed by atoms with Gasteiger partial charge < -0.3 is 15.4 Å². The van der Waals surface area contributed by atoms with Crippen molar-refractivity contribution in [3.05, 3.63) is 0 Å². The van der Waals surface area contributed by atoms with Crippen LogP contribution in [0, 0.1) is 5.41 Å². The third-order valence-corrected chi connectivity index (χ3v) is 3.61. The van der Waals surface area contributed by atoms with Crippen LogP contribution in [0.15, 0.2) is 0 Å². The molecule has 1 fully saturated rings. The number of carbonyl (C=O) groups excluding carboxylic acids is 1. The van der Waals surface area contributed by atoms with Crippen LogP contribution in [0.2, 0.25) is 0 Å². The monoisotopic (exact) mass is 256 g/mol. The van der Waals surface area contributed by atoms with Gasteiger partial charge in [-0.15, -0.1) is 0 Å². The van der Waals surface area contributed by atoms with Crippen molar-refractivity contribution >= 4 is 5.91 Å². The first-order valence-electron chi connectivity index (χ1n) is 6.98. The topological polar surface area (TPSA) is 50.4 Å². The van der Waals surface area contributed by atoms with Crippen molar-refractivity contribution < 1.29 is 9.53 Å². The molecule has 18 heavy (non-hydrogen) atoms. The molecule has 1 rings (SSSR count). The van der Waals surface area contributed by atoms with Crippen LogP contribution < -0.4 is 10.6 Å². The van der Waals surface area contributed by atoms with Crippen molar-refractivity contribution in [2.45, 2.75) is 52.6 Å². The van der Waals surface area contributed by atoms with Gasteiger partial charge in [0.05, 0.1) is 5.60 Å². The van der Waals surface area contributed by atoms with E-state index in [0.29, 0.717) is 0 Å². The molecule has 1 amide bonds. The normalized spacial score (nSPS) is 24.9. The molecule has 1 aliphatic heterocycles. The van der Waals surface area contributed by atoms with Gasteiger partial charge in [0.15, 0.2) is 0 Å². The highest BCUT2D eigenvalue weighted by atomic mass is 16.5. The third-order valence-electron chi connectivity index (χ3n) is 3.61. The summed E-state index contributed by atoms with van der Waals surface area (Å²) in [5.41, 5.74) is -0.0260. The SMILES string of the molecule is CCC1(CNC(=O)COC(C)(C)C)CCCNC1. The van der Waals surface area contributed by atoms with Crippen LogP contribution in [0.1, 0.15) is 47.0 Å². The molecule has 0 aromatic carbocycles. The lowest BCUT2D eigenvalue weighted by atomic mass is 9.78. The van der Waals surface area contributed by atoms with E-state index in [1.807, 2.05) is 20.8 Å². The Morgan fingerprint density at radius 1 is 1.44 bits per heavy atom. The van der Waals surface area contributed by atoms with E-state index in [9.17, 15) is 4.79 Å². The number of hydrogen-bond acceptors (Lipinski definition) is 3. The first-order valence-corrected chi connectivity index (χ1v) is 6.98. The van der Waals surface area contributed by atoms with Gasteiger partial charge >= 0.3 is 0 Å². The summed E-state index contributed by atoms with van der Waals surface area (Å²) in [5.74, 6) is -0.0108. The van der Waals surface area contributed by atoms with Crippen molar-refractivity contribution in [1.82, 2.24) is 10.6 Å². The van der Waals surface area contributed by atoms with Crippen molar-refractivity contribution in [3.8, 4) is 0 Å². The fraction of sp³-hybridized carbons (Fsp3) is 0.929. The molecule has 0 aromatic heterocycles. The molecule has 1 atom stereocenters. The van der Waals surface area contributed by atoms with E-state index in [2.05, 4.69) is 17.6 Å². The lowest BCUT2D eigenvalue weighted by molar-refractivity contribution is -0.131. The maximum Gasteiger partial charge on any atom is 0.246 e. The van der Waals surface area contributed by atoms with Crippen molar-refractivity contribution in [3.63, 3.8) is 0 Å². The first-order chi connectivity index (χ1) is 8.37. The Labute approximate surface area is 111 Å². The van der Waals surface area contributed by atoms with E-state index in [1.165, 1.54) is 12.8 Å². The Hall–Kier alpha value is -0.610. The van der Waals surface area contributed by atoms with Gasteiger partial charge in [-0.25, -0.2) is 0 Å². The molecule has 1 heterocycles. The highest BCUT2D eigenvalue weighted by Gasteiger charge is 2.30. The summed E-state index contributed by atoms with van der Waals surface area (Å²) in [5, 5.41) is 6.44. The number of ether oxygens (including phenoxy) is 1. The molecule has 0 radical (unpaired) electrons. The van der Waals surface area contributed by atoms with Crippen LogP contribution in [-0.4, -0.2) is 37.7 Å². The van der Waals surface area contributed by atoms with Gasteiger partial charge in [0.1, 0.15) is 6.61 Å². The maximum atomic E-state index is 11.7. The van der Waals surface area contributed by atoms with Gasteiger partial charge in [-0.1, -0.05) is 6.92 Å². The smallest absolute Gasteiger partial charge is 0.246 e. The molecule has 1 unspecified atom stereocenters. The standard InChI is InChI=1S/C14H28N2O2/c1-5-14(7-6-8-15-10-14)11-16-12(17)9-18-13(2,3)4/h15H,5-11H2,1-4H3,(H,16,17). The van der Waals surface area contributed by atoms with Gasteiger partial charge in [-0.2, -0.15) is 0 Å². The fourth-order valence-corrected chi connectivity index (χ4v) is 2.23. The second-order valence-corrected chi connectivity index (χ2v) is 6.31. The molecule has 0 saturated carbocycles. The van der Waals surface area contributed by atoms with E-state index >= 15 is 0 Å². The molecule has 0 aromatic rings. The molecule has 0 spiro atoms. The van der Waals surface area contributed by atoms with Gasteiger partial charge in [0, 0.05) is 13.1 Å². The second kappa shape index (κ2) is 6.53. The zero-order valence-corrected chi connectivity index (χ0v) is 12.3. The first kappa shape index (κ1) is 15.4. The number of hydrogen-bond donors (Lipinski definition) is 2. The van der Waals surface area contributed by atoms with E-state index in [0.717, 1.165) is 26.1 Å². The summed E-state index contributed by atoms with van der Waals surface area (Å²) in [6.07, 6.45) is 3.49. The average molecular weight is 256 g/mol. The molecule has 4 nitrogen and oxygen atoms in total. The quantitative estimate of drug-likeness (QED) is 0.787. The fourth-order valence-electron chi connectivity index (χ4n) is 2.23. The Balaban J connectivity index is 2.32. The van der Waals surface area contributed by atoms with Crippen LogP contribution >= 0.6 is 0 Å². The lowest BCUT2D eigenvalue weighted by Crippen LogP contribution is -2.48. The largest absolute Gasteiger partial charge is 0.366 e. The van der Waals surface area contributed by atoms with Crippen LogP contribution in [0.25, 0.3) is 0 Å². The van der Waals surface area contributed by atoms with Crippen LogP contribution in [-0.2, 0) is 9.53 Å². The van der Waals surface area contributed by atoms with E-state index in [-0.39, 0.29) is 23.5 Å². The van der Waals surface area contributed by atoms with Crippen molar-refractivity contribution in [1.29, 1.82) is 0 Å². The zero-order chi connectivity index (χ0) is 13.6. The highest BCUT2D eigenvalue weighted by Crippen LogP contribution is 2.28. The lowest BCUT2D eigenvalue weighted by Gasteiger charge is -2.37.